The number of rotatable bonds is 3. The fourth-order valence-corrected chi connectivity index (χ4v) is 4.29. The summed E-state index contributed by atoms with van der Waals surface area (Å²) in [6.07, 6.45) is 5.95. The van der Waals surface area contributed by atoms with Crippen molar-refractivity contribution in [2.24, 2.45) is 0 Å². The molecular weight excluding hydrogens is 306 g/mol. The predicted molar refractivity (Wildman–Crippen MR) is 104 cm³/mol. The quantitative estimate of drug-likeness (QED) is 0.702. The van der Waals surface area contributed by atoms with E-state index in [4.69, 9.17) is 0 Å². The van der Waals surface area contributed by atoms with Crippen molar-refractivity contribution < 1.29 is 0 Å². The number of hydrogen-bond acceptors (Lipinski definition) is 2. The second kappa shape index (κ2) is 6.30. The molecule has 3 heteroatoms. The molecule has 2 unspecified atom stereocenters. The number of hydrogen-bond donors (Lipinski definition) is 0. The normalized spacial score (nSPS) is 20.8. The van der Waals surface area contributed by atoms with Crippen LogP contribution in [-0.4, -0.2) is 27.5 Å². The summed E-state index contributed by atoms with van der Waals surface area (Å²) in [4.78, 5) is 6.65. The molecule has 0 radical (unpaired) electrons. The number of benzene rings is 1. The maximum atomic E-state index is 4.14. The summed E-state index contributed by atoms with van der Waals surface area (Å²) in [7, 11) is 2.26. The average molecular weight is 333 g/mol. The molecule has 1 aliphatic heterocycles. The zero-order valence-corrected chi connectivity index (χ0v) is 15.7. The van der Waals surface area contributed by atoms with E-state index in [1.807, 2.05) is 12.4 Å². The van der Waals surface area contributed by atoms with E-state index in [1.165, 1.54) is 33.3 Å². The summed E-state index contributed by atoms with van der Waals surface area (Å²) < 4.78 is 2.57. The van der Waals surface area contributed by atoms with Gasteiger partial charge in [0.25, 0.3) is 0 Å². The lowest BCUT2D eigenvalue weighted by Gasteiger charge is -2.37. The van der Waals surface area contributed by atoms with Gasteiger partial charge in [0.05, 0.1) is 0 Å². The van der Waals surface area contributed by atoms with Crippen molar-refractivity contribution in [1.82, 2.24) is 14.5 Å². The van der Waals surface area contributed by atoms with Crippen LogP contribution in [0.15, 0.2) is 42.7 Å². The molecule has 1 aliphatic rings. The van der Waals surface area contributed by atoms with Gasteiger partial charge >= 0.3 is 0 Å². The Morgan fingerprint density at radius 1 is 1.12 bits per heavy atom. The molecule has 3 aromatic rings. The fourth-order valence-electron chi connectivity index (χ4n) is 4.29. The van der Waals surface area contributed by atoms with Gasteiger partial charge in [-0.05, 0) is 69.6 Å². The highest BCUT2D eigenvalue weighted by molar-refractivity contribution is 5.87. The third-order valence-corrected chi connectivity index (χ3v) is 5.96. The van der Waals surface area contributed by atoms with E-state index in [9.17, 15) is 0 Å². The molecule has 4 rings (SSSR count). The van der Waals surface area contributed by atoms with Crippen molar-refractivity contribution in [2.45, 2.75) is 52.2 Å². The van der Waals surface area contributed by atoms with Gasteiger partial charge in [-0.25, -0.2) is 0 Å². The second-order valence-corrected chi connectivity index (χ2v) is 7.53. The van der Waals surface area contributed by atoms with Gasteiger partial charge in [-0.3, -0.25) is 9.88 Å². The summed E-state index contributed by atoms with van der Waals surface area (Å²) in [6.45, 7) is 7.92. The van der Waals surface area contributed by atoms with Crippen molar-refractivity contribution in [3.8, 4) is 0 Å². The molecule has 0 bridgehead atoms. The molecule has 0 saturated carbocycles. The molecule has 0 spiro atoms. The van der Waals surface area contributed by atoms with Crippen LogP contribution in [0.5, 0.6) is 0 Å². The number of aryl methyl sites for hydroxylation is 3. The van der Waals surface area contributed by atoms with Gasteiger partial charge in [-0.1, -0.05) is 11.6 Å². The number of likely N-dealkylation sites (N-methyl/N-ethyl adjacent to an activating group) is 1. The van der Waals surface area contributed by atoms with Crippen LogP contribution in [0.3, 0.4) is 0 Å². The minimum atomic E-state index is 0.463. The maximum Gasteiger partial charge on any atom is 0.0486 e. The molecule has 2 atom stereocenters. The molecule has 3 heterocycles. The third kappa shape index (κ3) is 2.77. The summed E-state index contributed by atoms with van der Waals surface area (Å²) in [5, 5.41) is 1.44. The van der Waals surface area contributed by atoms with E-state index in [0.717, 1.165) is 19.4 Å². The molecule has 0 N–H and O–H groups in total. The highest BCUT2D eigenvalue weighted by atomic mass is 15.2. The van der Waals surface area contributed by atoms with E-state index >= 15 is 0 Å². The summed E-state index contributed by atoms with van der Waals surface area (Å²) in [5.74, 6) is 0. The van der Waals surface area contributed by atoms with Gasteiger partial charge in [0, 0.05) is 54.0 Å². The first-order valence-electron chi connectivity index (χ1n) is 9.28. The molecule has 130 valence electrons. The molecular formula is C22H27N3. The van der Waals surface area contributed by atoms with Gasteiger partial charge in [0.2, 0.25) is 0 Å². The predicted octanol–water partition coefficient (Wildman–Crippen LogP) is 4.52. The monoisotopic (exact) mass is 333 g/mol. The van der Waals surface area contributed by atoms with Gasteiger partial charge in [0.15, 0.2) is 0 Å². The first kappa shape index (κ1) is 16.3. The van der Waals surface area contributed by atoms with Crippen molar-refractivity contribution in [3.05, 3.63) is 65.1 Å². The highest BCUT2D eigenvalue weighted by Crippen LogP contribution is 2.39. The van der Waals surface area contributed by atoms with Gasteiger partial charge in [-0.2, -0.15) is 0 Å². The van der Waals surface area contributed by atoms with Crippen LogP contribution in [0.1, 0.15) is 42.3 Å². The third-order valence-electron chi connectivity index (χ3n) is 5.96. The summed E-state index contributed by atoms with van der Waals surface area (Å²) in [6, 6.07) is 12.2. The lowest BCUT2D eigenvalue weighted by Crippen LogP contribution is -2.38. The Morgan fingerprint density at radius 2 is 1.88 bits per heavy atom. The minimum Gasteiger partial charge on any atom is -0.344 e. The Labute approximate surface area is 150 Å². The van der Waals surface area contributed by atoms with Gasteiger partial charge in [-0.15, -0.1) is 0 Å². The summed E-state index contributed by atoms with van der Waals surface area (Å²) in [5.41, 5.74) is 7.16. The van der Waals surface area contributed by atoms with Crippen LogP contribution in [0, 0.1) is 6.92 Å². The largest absolute Gasteiger partial charge is 0.344 e. The Hall–Kier alpha value is -2.13. The van der Waals surface area contributed by atoms with Crippen LogP contribution < -0.4 is 0 Å². The number of nitrogens with zero attached hydrogens (tertiary/aromatic N) is 3. The van der Waals surface area contributed by atoms with Crippen molar-refractivity contribution in [2.75, 3.05) is 7.05 Å². The van der Waals surface area contributed by atoms with E-state index in [1.54, 1.807) is 0 Å². The van der Waals surface area contributed by atoms with E-state index in [0.29, 0.717) is 12.1 Å². The Balaban J connectivity index is 1.82. The van der Waals surface area contributed by atoms with Crippen molar-refractivity contribution in [1.29, 1.82) is 0 Å². The van der Waals surface area contributed by atoms with Gasteiger partial charge < -0.3 is 4.57 Å². The first-order valence-corrected chi connectivity index (χ1v) is 9.28. The molecule has 25 heavy (non-hydrogen) atoms. The smallest absolute Gasteiger partial charge is 0.0486 e. The Bertz CT molecular complexity index is 895. The number of fused-ring (bicyclic) bond motifs is 3. The first-order chi connectivity index (χ1) is 12.1. The van der Waals surface area contributed by atoms with Crippen molar-refractivity contribution in [3.63, 3.8) is 0 Å². The van der Waals surface area contributed by atoms with Crippen LogP contribution in [0.4, 0.5) is 0 Å². The molecule has 0 saturated heterocycles. The molecule has 2 aromatic heterocycles. The van der Waals surface area contributed by atoms with Crippen LogP contribution in [0.25, 0.3) is 10.9 Å². The second-order valence-electron chi connectivity index (χ2n) is 7.53. The highest BCUT2D eigenvalue weighted by Gasteiger charge is 2.31. The number of aromatic nitrogens is 2. The Morgan fingerprint density at radius 3 is 2.64 bits per heavy atom. The number of pyridine rings is 1. The molecule has 0 amide bonds. The SMILES string of the molecule is Cc1ccc2c(c1)c1c(n2CCc2ccncc2)CC(C)N(C)C1C. The Kier molecular flexibility index (Phi) is 4.12. The van der Waals surface area contributed by atoms with Gasteiger partial charge in [0.1, 0.15) is 0 Å². The molecule has 3 nitrogen and oxygen atoms in total. The molecule has 0 aliphatic carbocycles. The molecule has 0 fully saturated rings. The minimum absolute atomic E-state index is 0.463. The van der Waals surface area contributed by atoms with E-state index < -0.39 is 0 Å². The maximum absolute atomic E-state index is 4.14. The standard InChI is InChI=1S/C22H27N3/c1-15-5-6-20-19(13-15)22-17(3)24(4)16(2)14-21(22)25(20)12-9-18-7-10-23-11-8-18/h5-8,10-11,13,16-17H,9,12,14H2,1-4H3. The average Bonchev–Trinajstić information content (AvgIpc) is 2.91. The van der Waals surface area contributed by atoms with Crippen LogP contribution >= 0.6 is 0 Å². The van der Waals surface area contributed by atoms with E-state index in [-0.39, 0.29) is 0 Å². The van der Waals surface area contributed by atoms with Crippen LogP contribution in [-0.2, 0) is 19.4 Å². The van der Waals surface area contributed by atoms with Crippen molar-refractivity contribution >= 4 is 10.9 Å². The summed E-state index contributed by atoms with van der Waals surface area (Å²) >= 11 is 0. The zero-order chi connectivity index (χ0) is 17.6. The fraction of sp³-hybridized carbons (Fsp3) is 0.409. The van der Waals surface area contributed by atoms with E-state index in [2.05, 4.69) is 72.6 Å². The lowest BCUT2D eigenvalue weighted by molar-refractivity contribution is 0.177. The lowest BCUT2D eigenvalue weighted by atomic mass is 9.93. The topological polar surface area (TPSA) is 21.1 Å². The van der Waals surface area contributed by atoms with Crippen LogP contribution in [0.2, 0.25) is 0 Å². The molecule has 1 aromatic carbocycles. The zero-order valence-electron chi connectivity index (χ0n) is 15.7.